The first-order chi connectivity index (χ1) is 9.42. The second-order valence-electron chi connectivity index (χ2n) is 4.01. The second-order valence-corrected chi connectivity index (χ2v) is 6.66. The molecule has 2 aromatic carbocycles. The van der Waals surface area contributed by atoms with Gasteiger partial charge in [0.15, 0.2) is 0 Å². The van der Waals surface area contributed by atoms with Crippen molar-refractivity contribution in [3.05, 3.63) is 58.9 Å². The Morgan fingerprint density at radius 2 is 1.80 bits per heavy atom. The summed E-state index contributed by atoms with van der Waals surface area (Å²) in [5.41, 5.74) is 0.962. The summed E-state index contributed by atoms with van der Waals surface area (Å²) < 4.78 is 39.7. The SMILES string of the molecule is O=S(=O)(Nc1cc(F)ccc1Cl)c1ccc(CBr)cc1. The van der Waals surface area contributed by atoms with Gasteiger partial charge in [0.1, 0.15) is 5.82 Å². The number of alkyl halides is 1. The standard InChI is InChI=1S/C13H10BrClFNO2S/c14-8-9-1-4-11(5-2-9)20(18,19)17-13-7-10(16)3-6-12(13)15/h1-7,17H,8H2. The van der Waals surface area contributed by atoms with Crippen LogP contribution in [0.15, 0.2) is 47.4 Å². The Balaban J connectivity index is 2.32. The van der Waals surface area contributed by atoms with Crippen LogP contribution in [0, 0.1) is 5.82 Å². The molecule has 1 N–H and O–H groups in total. The molecule has 0 radical (unpaired) electrons. The van der Waals surface area contributed by atoms with Crippen LogP contribution in [0.2, 0.25) is 5.02 Å². The lowest BCUT2D eigenvalue weighted by Gasteiger charge is -2.10. The minimum atomic E-state index is -3.79. The lowest BCUT2D eigenvalue weighted by atomic mass is 10.2. The Labute approximate surface area is 130 Å². The Morgan fingerprint density at radius 3 is 2.40 bits per heavy atom. The number of sulfonamides is 1. The molecule has 0 saturated heterocycles. The third-order valence-corrected chi connectivity index (χ3v) is 4.92. The van der Waals surface area contributed by atoms with E-state index < -0.39 is 15.8 Å². The maximum atomic E-state index is 13.1. The molecule has 0 atom stereocenters. The molecule has 2 aromatic rings. The molecule has 0 spiro atoms. The van der Waals surface area contributed by atoms with Crippen LogP contribution in [0.3, 0.4) is 0 Å². The summed E-state index contributed by atoms with van der Waals surface area (Å²) in [7, 11) is -3.79. The van der Waals surface area contributed by atoms with Gasteiger partial charge in [-0.1, -0.05) is 39.7 Å². The van der Waals surface area contributed by atoms with Crippen molar-refractivity contribution in [2.24, 2.45) is 0 Å². The van der Waals surface area contributed by atoms with Gasteiger partial charge >= 0.3 is 0 Å². The average molecular weight is 379 g/mol. The molecule has 106 valence electrons. The van der Waals surface area contributed by atoms with Crippen molar-refractivity contribution < 1.29 is 12.8 Å². The molecule has 0 fully saturated rings. The number of nitrogens with one attached hydrogen (secondary N) is 1. The zero-order chi connectivity index (χ0) is 14.8. The van der Waals surface area contributed by atoms with Crippen molar-refractivity contribution >= 4 is 43.2 Å². The first-order valence-electron chi connectivity index (χ1n) is 5.55. The van der Waals surface area contributed by atoms with Gasteiger partial charge < -0.3 is 0 Å². The van der Waals surface area contributed by atoms with Crippen LogP contribution in [-0.4, -0.2) is 8.42 Å². The van der Waals surface area contributed by atoms with Crippen LogP contribution in [0.4, 0.5) is 10.1 Å². The molecule has 0 saturated carbocycles. The maximum absolute atomic E-state index is 13.1. The van der Waals surface area contributed by atoms with Gasteiger partial charge in [0.25, 0.3) is 10.0 Å². The van der Waals surface area contributed by atoms with Gasteiger partial charge in [-0.3, -0.25) is 4.72 Å². The summed E-state index contributed by atoms with van der Waals surface area (Å²) in [6.45, 7) is 0. The van der Waals surface area contributed by atoms with Gasteiger partial charge in [-0.05, 0) is 35.9 Å². The van der Waals surface area contributed by atoms with E-state index in [1.54, 1.807) is 12.1 Å². The van der Waals surface area contributed by atoms with Gasteiger partial charge in [-0.25, -0.2) is 12.8 Å². The summed E-state index contributed by atoms with van der Waals surface area (Å²) in [5, 5.41) is 0.767. The minimum absolute atomic E-state index is 0.0104. The van der Waals surface area contributed by atoms with Crippen molar-refractivity contribution in [1.82, 2.24) is 0 Å². The van der Waals surface area contributed by atoms with Gasteiger partial charge in [0, 0.05) is 5.33 Å². The van der Waals surface area contributed by atoms with Crippen molar-refractivity contribution in [1.29, 1.82) is 0 Å². The number of hydrogen-bond donors (Lipinski definition) is 1. The lowest BCUT2D eigenvalue weighted by molar-refractivity contribution is 0.601. The fraction of sp³-hybridized carbons (Fsp3) is 0.0769. The zero-order valence-electron chi connectivity index (χ0n) is 10.1. The summed E-state index contributed by atoms with van der Waals surface area (Å²) >= 11 is 9.12. The summed E-state index contributed by atoms with van der Waals surface area (Å²) in [4.78, 5) is 0.0857. The predicted molar refractivity (Wildman–Crippen MR) is 81.3 cm³/mol. The number of anilines is 1. The van der Waals surface area contributed by atoms with Gasteiger partial charge in [0.05, 0.1) is 15.6 Å². The number of benzene rings is 2. The molecular formula is C13H10BrClFNO2S. The van der Waals surface area contributed by atoms with E-state index in [0.717, 1.165) is 17.7 Å². The number of hydrogen-bond acceptors (Lipinski definition) is 2. The molecule has 0 aromatic heterocycles. The van der Waals surface area contributed by atoms with Crippen molar-refractivity contribution in [3.8, 4) is 0 Å². The largest absolute Gasteiger partial charge is 0.278 e. The van der Waals surface area contributed by atoms with Crippen LogP contribution in [0.5, 0.6) is 0 Å². The summed E-state index contributed by atoms with van der Waals surface area (Å²) in [6.07, 6.45) is 0. The van der Waals surface area contributed by atoms with E-state index >= 15 is 0 Å². The first kappa shape index (κ1) is 15.3. The highest BCUT2D eigenvalue weighted by Crippen LogP contribution is 2.25. The summed E-state index contributed by atoms with van der Waals surface area (Å²) in [5.74, 6) is -0.568. The minimum Gasteiger partial charge on any atom is -0.278 e. The van der Waals surface area contributed by atoms with E-state index in [1.807, 2.05) is 0 Å². The van der Waals surface area contributed by atoms with Crippen LogP contribution in [0.25, 0.3) is 0 Å². The van der Waals surface area contributed by atoms with Gasteiger partial charge in [-0.15, -0.1) is 0 Å². The molecule has 3 nitrogen and oxygen atoms in total. The van der Waals surface area contributed by atoms with Gasteiger partial charge in [0.2, 0.25) is 0 Å². The fourth-order valence-corrected chi connectivity index (χ4v) is 3.20. The average Bonchev–Trinajstić information content (AvgIpc) is 2.43. The zero-order valence-corrected chi connectivity index (χ0v) is 13.3. The van der Waals surface area contributed by atoms with Crippen molar-refractivity contribution in [3.63, 3.8) is 0 Å². The van der Waals surface area contributed by atoms with Crippen LogP contribution in [-0.2, 0) is 15.4 Å². The normalized spacial score (nSPS) is 11.3. The molecule has 0 aliphatic heterocycles. The molecule has 0 bridgehead atoms. The monoisotopic (exact) mass is 377 g/mol. The van der Waals surface area contributed by atoms with E-state index in [0.29, 0.717) is 5.33 Å². The van der Waals surface area contributed by atoms with E-state index in [1.165, 1.54) is 18.2 Å². The molecule has 7 heteroatoms. The van der Waals surface area contributed by atoms with E-state index in [4.69, 9.17) is 11.6 Å². The topological polar surface area (TPSA) is 46.2 Å². The van der Waals surface area contributed by atoms with Crippen LogP contribution >= 0.6 is 27.5 Å². The van der Waals surface area contributed by atoms with E-state index in [-0.39, 0.29) is 15.6 Å². The highest BCUT2D eigenvalue weighted by Gasteiger charge is 2.16. The third-order valence-electron chi connectivity index (χ3n) is 2.56. The quantitative estimate of drug-likeness (QED) is 0.812. The van der Waals surface area contributed by atoms with Crippen molar-refractivity contribution in [2.45, 2.75) is 10.2 Å². The smallest absolute Gasteiger partial charge is 0.261 e. The van der Waals surface area contributed by atoms with E-state index in [2.05, 4.69) is 20.7 Å². The fourth-order valence-electron chi connectivity index (χ4n) is 1.54. The molecule has 2 rings (SSSR count). The number of rotatable bonds is 4. The molecule has 20 heavy (non-hydrogen) atoms. The maximum Gasteiger partial charge on any atom is 0.261 e. The predicted octanol–water partition coefficient (Wildman–Crippen LogP) is 4.17. The molecule has 0 amide bonds. The van der Waals surface area contributed by atoms with E-state index in [9.17, 15) is 12.8 Å². The Hall–Kier alpha value is -1.11. The van der Waals surface area contributed by atoms with Crippen LogP contribution < -0.4 is 4.72 Å². The molecule has 0 aliphatic carbocycles. The van der Waals surface area contributed by atoms with Crippen LogP contribution in [0.1, 0.15) is 5.56 Å². The first-order valence-corrected chi connectivity index (χ1v) is 8.53. The van der Waals surface area contributed by atoms with Gasteiger partial charge in [-0.2, -0.15) is 0 Å². The summed E-state index contributed by atoms with van der Waals surface area (Å²) in [6, 6.07) is 9.82. The highest BCUT2D eigenvalue weighted by molar-refractivity contribution is 9.08. The molecule has 0 unspecified atom stereocenters. The molecule has 0 aliphatic rings. The second kappa shape index (κ2) is 6.11. The Bertz CT molecular complexity index is 720. The Morgan fingerprint density at radius 1 is 1.15 bits per heavy atom. The molecular weight excluding hydrogens is 369 g/mol. The third kappa shape index (κ3) is 3.50. The van der Waals surface area contributed by atoms with Crippen molar-refractivity contribution in [2.75, 3.05) is 4.72 Å². The lowest BCUT2D eigenvalue weighted by Crippen LogP contribution is -2.13. The Kier molecular flexibility index (Phi) is 4.67. The molecule has 0 heterocycles. The number of halogens is 3. The highest BCUT2D eigenvalue weighted by atomic mass is 79.9.